The van der Waals surface area contributed by atoms with Crippen LogP contribution in [0.2, 0.25) is 0 Å². The maximum atomic E-state index is 11.2. The molecule has 0 saturated heterocycles. The fourth-order valence-corrected chi connectivity index (χ4v) is 5.20. The van der Waals surface area contributed by atoms with Gasteiger partial charge >= 0.3 is 0 Å². The van der Waals surface area contributed by atoms with Crippen LogP contribution in [0.15, 0.2) is 60.7 Å². The van der Waals surface area contributed by atoms with Crippen molar-refractivity contribution in [3.05, 3.63) is 77.4 Å². The van der Waals surface area contributed by atoms with E-state index >= 15 is 0 Å². The topological polar surface area (TPSA) is 60.7 Å². The first-order valence-corrected chi connectivity index (χ1v) is 13.1. The first-order valence-electron chi connectivity index (χ1n) is 13.1. The van der Waals surface area contributed by atoms with Crippen molar-refractivity contribution in [3.63, 3.8) is 0 Å². The average Bonchev–Trinajstić information content (AvgIpc) is 2.84. The Hall–Kier alpha value is -3.20. The van der Waals surface area contributed by atoms with Crippen LogP contribution in [0.4, 0.5) is 0 Å². The molecule has 0 radical (unpaired) electrons. The van der Waals surface area contributed by atoms with Gasteiger partial charge in [0.25, 0.3) is 0 Å². The largest absolute Gasteiger partial charge is 0.508 e. The van der Waals surface area contributed by atoms with Gasteiger partial charge in [0.15, 0.2) is 0 Å². The van der Waals surface area contributed by atoms with Gasteiger partial charge in [-0.05, 0) is 81.3 Å². The van der Waals surface area contributed by atoms with E-state index in [0.717, 1.165) is 53.0 Å². The highest BCUT2D eigenvalue weighted by Crippen LogP contribution is 2.44. The van der Waals surface area contributed by atoms with Crippen molar-refractivity contribution in [1.82, 2.24) is 0 Å². The van der Waals surface area contributed by atoms with E-state index < -0.39 is 0 Å². The summed E-state index contributed by atoms with van der Waals surface area (Å²) >= 11 is 0. The van der Waals surface area contributed by atoms with E-state index in [-0.39, 0.29) is 34.0 Å². The third-order valence-electron chi connectivity index (χ3n) is 8.40. The monoisotopic (exact) mass is 484 g/mol. The zero-order valence-corrected chi connectivity index (χ0v) is 22.5. The van der Waals surface area contributed by atoms with E-state index in [9.17, 15) is 15.3 Å². The Morgan fingerprint density at radius 3 is 2.11 bits per heavy atom. The summed E-state index contributed by atoms with van der Waals surface area (Å²) in [5, 5.41) is 35.5. The summed E-state index contributed by atoms with van der Waals surface area (Å²) in [6, 6.07) is 19.7. The van der Waals surface area contributed by atoms with Gasteiger partial charge in [0.1, 0.15) is 17.2 Å². The lowest BCUT2D eigenvalue weighted by atomic mass is 9.70. The minimum absolute atomic E-state index is 0.0181. The zero-order valence-electron chi connectivity index (χ0n) is 22.5. The van der Waals surface area contributed by atoms with Crippen LogP contribution < -0.4 is 0 Å². The van der Waals surface area contributed by atoms with Crippen LogP contribution in [0.5, 0.6) is 17.2 Å². The molecule has 0 amide bonds. The Bertz CT molecular complexity index is 1400. The van der Waals surface area contributed by atoms with E-state index in [1.54, 1.807) is 12.1 Å². The normalized spacial score (nSPS) is 13.4. The Kier molecular flexibility index (Phi) is 6.96. The lowest BCUT2D eigenvalue weighted by Gasteiger charge is -2.34. The summed E-state index contributed by atoms with van der Waals surface area (Å²) in [4.78, 5) is 0. The molecule has 0 aliphatic carbocycles. The number of phenolic OH excluding ortho intramolecular Hbond substituents is 3. The molecular formula is C33H40O3. The maximum absolute atomic E-state index is 11.2. The number of phenols is 3. The number of hydrogen-bond donors (Lipinski definition) is 3. The van der Waals surface area contributed by atoms with Crippen LogP contribution >= 0.6 is 0 Å². The molecule has 0 bridgehead atoms. The third kappa shape index (κ3) is 5.16. The van der Waals surface area contributed by atoms with Gasteiger partial charge < -0.3 is 15.3 Å². The van der Waals surface area contributed by atoms with Crippen molar-refractivity contribution >= 4 is 21.5 Å². The molecule has 4 aromatic rings. The minimum Gasteiger partial charge on any atom is -0.508 e. The number of aromatic hydroxyl groups is 3. The molecule has 0 saturated carbocycles. The van der Waals surface area contributed by atoms with Crippen LogP contribution in [-0.4, -0.2) is 15.3 Å². The van der Waals surface area contributed by atoms with Crippen molar-refractivity contribution in [3.8, 4) is 17.2 Å². The molecule has 0 aromatic heterocycles. The molecule has 1 atom stereocenters. The molecule has 3 heteroatoms. The predicted octanol–water partition coefficient (Wildman–Crippen LogP) is 8.85. The van der Waals surface area contributed by atoms with Gasteiger partial charge in [-0.3, -0.25) is 0 Å². The SMILES string of the molecule is CCC(C)(C)Cc1ccc2c(O)cc(CC(c3ccc4cc(O)ccc4c3)C(C)(C)CC)cc2c1O. The van der Waals surface area contributed by atoms with Crippen LogP contribution in [0, 0.1) is 10.8 Å². The maximum Gasteiger partial charge on any atom is 0.126 e. The fourth-order valence-electron chi connectivity index (χ4n) is 5.20. The van der Waals surface area contributed by atoms with E-state index in [1.165, 1.54) is 5.56 Å². The molecule has 0 aliphatic rings. The van der Waals surface area contributed by atoms with Crippen LogP contribution in [0.3, 0.4) is 0 Å². The van der Waals surface area contributed by atoms with Crippen LogP contribution in [0.25, 0.3) is 21.5 Å². The van der Waals surface area contributed by atoms with E-state index in [2.05, 4.69) is 65.8 Å². The predicted molar refractivity (Wildman–Crippen MR) is 151 cm³/mol. The Labute approximate surface area is 215 Å². The quantitative estimate of drug-likeness (QED) is 0.234. The van der Waals surface area contributed by atoms with Gasteiger partial charge in [-0.15, -0.1) is 0 Å². The standard InChI is InChI=1S/C33H40O3/c1-7-32(3,4)20-25-12-14-27-28(31(25)36)15-21(17-30(27)35)16-29(33(5,6)8-2)24-10-9-23-19-26(34)13-11-22(23)18-24/h9-15,17-19,29,34-36H,7-8,16,20H2,1-6H3. The highest BCUT2D eigenvalue weighted by atomic mass is 16.3. The molecule has 0 spiro atoms. The number of rotatable bonds is 8. The molecular weight excluding hydrogens is 444 g/mol. The smallest absolute Gasteiger partial charge is 0.126 e. The van der Waals surface area contributed by atoms with Crippen molar-refractivity contribution in [2.45, 2.75) is 73.1 Å². The Morgan fingerprint density at radius 2 is 1.42 bits per heavy atom. The highest BCUT2D eigenvalue weighted by Gasteiger charge is 2.30. The molecule has 3 N–H and O–H groups in total. The van der Waals surface area contributed by atoms with Crippen molar-refractivity contribution < 1.29 is 15.3 Å². The molecule has 4 rings (SSSR count). The first kappa shape index (κ1) is 25.9. The molecule has 0 aliphatic heterocycles. The van der Waals surface area contributed by atoms with Crippen molar-refractivity contribution in [1.29, 1.82) is 0 Å². The van der Waals surface area contributed by atoms with Crippen LogP contribution in [0.1, 0.15) is 77.0 Å². The van der Waals surface area contributed by atoms with Gasteiger partial charge in [0.2, 0.25) is 0 Å². The van der Waals surface area contributed by atoms with Crippen LogP contribution in [-0.2, 0) is 12.8 Å². The lowest BCUT2D eigenvalue weighted by Crippen LogP contribution is -2.23. The van der Waals surface area contributed by atoms with E-state index in [1.807, 2.05) is 24.3 Å². The summed E-state index contributed by atoms with van der Waals surface area (Å²) in [7, 11) is 0. The van der Waals surface area contributed by atoms with E-state index in [0.29, 0.717) is 5.39 Å². The summed E-state index contributed by atoms with van der Waals surface area (Å²) < 4.78 is 0. The Balaban J connectivity index is 1.78. The zero-order chi connectivity index (χ0) is 26.3. The minimum atomic E-state index is 0.0181. The van der Waals surface area contributed by atoms with Gasteiger partial charge in [-0.2, -0.15) is 0 Å². The molecule has 0 heterocycles. The summed E-state index contributed by atoms with van der Waals surface area (Å²) in [6.45, 7) is 13.4. The number of benzene rings is 4. The number of hydrogen-bond acceptors (Lipinski definition) is 3. The lowest BCUT2D eigenvalue weighted by molar-refractivity contribution is 0.271. The third-order valence-corrected chi connectivity index (χ3v) is 8.40. The average molecular weight is 485 g/mol. The summed E-state index contributed by atoms with van der Waals surface area (Å²) in [6.07, 6.45) is 3.56. The molecule has 4 aromatic carbocycles. The molecule has 190 valence electrons. The van der Waals surface area contributed by atoms with Crippen molar-refractivity contribution in [2.24, 2.45) is 10.8 Å². The van der Waals surface area contributed by atoms with Gasteiger partial charge in [0.05, 0.1) is 0 Å². The van der Waals surface area contributed by atoms with Gasteiger partial charge in [0, 0.05) is 10.8 Å². The Morgan fingerprint density at radius 1 is 0.722 bits per heavy atom. The molecule has 3 nitrogen and oxygen atoms in total. The molecule has 1 unspecified atom stereocenters. The molecule has 0 fully saturated rings. The first-order chi connectivity index (χ1) is 16.9. The summed E-state index contributed by atoms with van der Waals surface area (Å²) in [5.41, 5.74) is 3.29. The van der Waals surface area contributed by atoms with Gasteiger partial charge in [-0.25, -0.2) is 0 Å². The second-order valence-electron chi connectivity index (χ2n) is 11.9. The molecule has 36 heavy (non-hydrogen) atoms. The van der Waals surface area contributed by atoms with Gasteiger partial charge in [-0.1, -0.05) is 90.8 Å². The van der Waals surface area contributed by atoms with E-state index in [4.69, 9.17) is 0 Å². The number of fused-ring (bicyclic) bond motifs is 2. The summed E-state index contributed by atoms with van der Waals surface area (Å²) in [5.74, 6) is 0.972. The fraction of sp³-hybridized carbons (Fsp3) is 0.394. The second-order valence-corrected chi connectivity index (χ2v) is 11.9. The second kappa shape index (κ2) is 9.69. The van der Waals surface area contributed by atoms with Crippen molar-refractivity contribution in [2.75, 3.05) is 0 Å². The highest BCUT2D eigenvalue weighted by molar-refractivity contribution is 5.94.